The van der Waals surface area contributed by atoms with Gasteiger partial charge in [0.1, 0.15) is 11.7 Å². The maximum absolute atomic E-state index is 12.2. The number of carboxylic acid groups (broad SMARTS) is 1. The number of hydrogen-bond acceptors (Lipinski definition) is 4. The van der Waals surface area contributed by atoms with Crippen molar-refractivity contribution in [3.8, 4) is 0 Å². The molecule has 1 aliphatic heterocycles. The van der Waals surface area contributed by atoms with Crippen LogP contribution in [-0.2, 0) is 4.79 Å². The average Bonchev–Trinajstić information content (AvgIpc) is 2.95. The lowest BCUT2D eigenvalue weighted by molar-refractivity contribution is -0.141. The first-order chi connectivity index (χ1) is 9.54. The highest BCUT2D eigenvalue weighted by Crippen LogP contribution is 2.20. The first-order valence-corrected chi connectivity index (χ1v) is 6.26. The van der Waals surface area contributed by atoms with E-state index in [0.717, 1.165) is 0 Å². The second kappa shape index (κ2) is 5.68. The van der Waals surface area contributed by atoms with Crippen LogP contribution in [0.5, 0.6) is 0 Å². The molecule has 20 heavy (non-hydrogen) atoms. The van der Waals surface area contributed by atoms with E-state index in [2.05, 4.69) is 10.3 Å². The molecule has 2 heterocycles. The third kappa shape index (κ3) is 2.61. The Bertz CT molecular complexity index is 541. The molecule has 0 saturated carbocycles. The molecule has 0 aliphatic carbocycles. The molecule has 7 heteroatoms. The van der Waals surface area contributed by atoms with E-state index in [1.165, 1.54) is 30.3 Å². The maximum Gasteiger partial charge on any atom is 0.326 e. The molecule has 0 radical (unpaired) electrons. The molecule has 0 spiro atoms. The van der Waals surface area contributed by atoms with Crippen molar-refractivity contribution in [2.24, 2.45) is 0 Å². The molecular weight excluding hydrogens is 262 g/mol. The van der Waals surface area contributed by atoms with Gasteiger partial charge in [0.2, 0.25) is 0 Å². The minimum absolute atomic E-state index is 0.209. The fourth-order valence-electron chi connectivity index (χ4n) is 2.22. The van der Waals surface area contributed by atoms with Crippen LogP contribution in [0.4, 0.5) is 0 Å². The molecule has 1 aliphatic rings. The van der Waals surface area contributed by atoms with Gasteiger partial charge in [-0.05, 0) is 25.0 Å². The lowest BCUT2D eigenvalue weighted by Gasteiger charge is -2.21. The monoisotopic (exact) mass is 277 g/mol. The molecule has 7 nitrogen and oxygen atoms in total. The van der Waals surface area contributed by atoms with E-state index in [-0.39, 0.29) is 23.1 Å². The summed E-state index contributed by atoms with van der Waals surface area (Å²) in [5, 5.41) is 11.5. The highest BCUT2D eigenvalue weighted by molar-refractivity contribution is 5.98. The summed E-state index contributed by atoms with van der Waals surface area (Å²) in [5.74, 6) is -1.70. The lowest BCUT2D eigenvalue weighted by Crippen LogP contribution is -2.40. The van der Waals surface area contributed by atoms with Crippen molar-refractivity contribution in [1.29, 1.82) is 0 Å². The summed E-state index contributed by atoms with van der Waals surface area (Å²) in [6.45, 7) is 0.424. The second-order valence-electron chi connectivity index (χ2n) is 4.51. The van der Waals surface area contributed by atoms with Gasteiger partial charge >= 0.3 is 5.97 Å². The Morgan fingerprint density at radius 1 is 1.40 bits per heavy atom. The van der Waals surface area contributed by atoms with E-state index in [1.54, 1.807) is 0 Å². The van der Waals surface area contributed by atoms with Gasteiger partial charge in [0, 0.05) is 19.8 Å². The number of amides is 2. The van der Waals surface area contributed by atoms with Crippen molar-refractivity contribution in [1.82, 2.24) is 15.2 Å². The van der Waals surface area contributed by atoms with Crippen molar-refractivity contribution in [3.63, 3.8) is 0 Å². The number of aromatic nitrogens is 1. The van der Waals surface area contributed by atoms with Gasteiger partial charge in [0.05, 0.1) is 5.56 Å². The fourth-order valence-corrected chi connectivity index (χ4v) is 2.22. The number of carbonyl (C=O) groups is 3. The van der Waals surface area contributed by atoms with Gasteiger partial charge in [-0.1, -0.05) is 0 Å². The first kappa shape index (κ1) is 14.0. The smallest absolute Gasteiger partial charge is 0.326 e. The Labute approximate surface area is 115 Å². The molecule has 1 saturated heterocycles. The van der Waals surface area contributed by atoms with Crippen LogP contribution < -0.4 is 5.32 Å². The zero-order chi connectivity index (χ0) is 14.7. The number of hydrogen-bond donors (Lipinski definition) is 2. The number of carbonyl (C=O) groups excluding carboxylic acids is 2. The molecule has 2 N–H and O–H groups in total. The summed E-state index contributed by atoms with van der Waals surface area (Å²) >= 11 is 0. The zero-order valence-electron chi connectivity index (χ0n) is 11.0. The fraction of sp³-hybridized carbons (Fsp3) is 0.385. The van der Waals surface area contributed by atoms with E-state index in [0.29, 0.717) is 19.4 Å². The first-order valence-electron chi connectivity index (χ1n) is 6.26. The summed E-state index contributed by atoms with van der Waals surface area (Å²) in [7, 11) is 1.49. The molecule has 2 amide bonds. The quantitative estimate of drug-likeness (QED) is 0.818. The Morgan fingerprint density at radius 3 is 2.70 bits per heavy atom. The Morgan fingerprint density at radius 2 is 2.15 bits per heavy atom. The number of pyridine rings is 1. The topological polar surface area (TPSA) is 99.6 Å². The third-order valence-electron chi connectivity index (χ3n) is 3.27. The molecule has 106 valence electrons. The molecule has 1 aromatic rings. The summed E-state index contributed by atoms with van der Waals surface area (Å²) in [5.41, 5.74) is 0.492. The Balaban J connectivity index is 2.17. The van der Waals surface area contributed by atoms with E-state index < -0.39 is 12.0 Å². The predicted octanol–water partition coefficient (Wildman–Crippen LogP) is 0.130. The molecule has 0 bridgehead atoms. The summed E-state index contributed by atoms with van der Waals surface area (Å²) < 4.78 is 0. The third-order valence-corrected chi connectivity index (χ3v) is 3.27. The van der Waals surface area contributed by atoms with Gasteiger partial charge in [0.25, 0.3) is 11.8 Å². The highest BCUT2D eigenvalue weighted by Gasteiger charge is 2.34. The SMILES string of the molecule is CNC(=O)c1ccc(C(=O)N2CCC[C@@H]2C(=O)O)cn1. The molecule has 1 fully saturated rings. The molecule has 2 rings (SSSR count). The van der Waals surface area contributed by atoms with E-state index in [9.17, 15) is 14.4 Å². The van der Waals surface area contributed by atoms with Crippen molar-refractivity contribution in [3.05, 3.63) is 29.6 Å². The minimum atomic E-state index is -0.995. The standard InChI is InChI=1S/C13H15N3O4/c1-14-11(17)9-5-4-8(7-15-9)12(18)16-6-2-3-10(16)13(19)20/h4-5,7,10H,2-3,6H2,1H3,(H,14,17)(H,19,20)/t10-/m1/s1. The van der Waals surface area contributed by atoms with Crippen molar-refractivity contribution >= 4 is 17.8 Å². The van der Waals surface area contributed by atoms with E-state index in [1.807, 2.05) is 0 Å². The lowest BCUT2D eigenvalue weighted by atomic mass is 10.2. The molecule has 1 atom stereocenters. The minimum Gasteiger partial charge on any atom is -0.480 e. The number of aliphatic carboxylic acids is 1. The van der Waals surface area contributed by atoms with Gasteiger partial charge in [-0.25, -0.2) is 4.79 Å². The summed E-state index contributed by atoms with van der Waals surface area (Å²) in [6, 6.07) is 2.15. The highest BCUT2D eigenvalue weighted by atomic mass is 16.4. The Hall–Kier alpha value is -2.44. The van der Waals surface area contributed by atoms with Crippen LogP contribution >= 0.6 is 0 Å². The largest absolute Gasteiger partial charge is 0.480 e. The van der Waals surface area contributed by atoms with Gasteiger partial charge < -0.3 is 15.3 Å². The maximum atomic E-state index is 12.2. The van der Waals surface area contributed by atoms with Gasteiger partial charge in [-0.15, -0.1) is 0 Å². The van der Waals surface area contributed by atoms with Crippen LogP contribution in [-0.4, -0.2) is 52.4 Å². The average molecular weight is 277 g/mol. The van der Waals surface area contributed by atoms with Crippen molar-refractivity contribution < 1.29 is 19.5 Å². The molecule has 1 aromatic heterocycles. The molecule has 0 aromatic carbocycles. The van der Waals surface area contributed by atoms with Crippen molar-refractivity contribution in [2.75, 3.05) is 13.6 Å². The number of nitrogens with one attached hydrogen (secondary N) is 1. The van der Waals surface area contributed by atoms with E-state index in [4.69, 9.17) is 5.11 Å². The normalized spacial score (nSPS) is 17.9. The Kier molecular flexibility index (Phi) is 3.97. The second-order valence-corrected chi connectivity index (χ2v) is 4.51. The van der Waals surface area contributed by atoms with Crippen LogP contribution in [0.1, 0.15) is 33.7 Å². The number of nitrogens with zero attached hydrogens (tertiary/aromatic N) is 2. The van der Waals surface area contributed by atoms with Gasteiger partial charge in [-0.2, -0.15) is 0 Å². The van der Waals surface area contributed by atoms with Crippen LogP contribution in [0, 0.1) is 0 Å². The predicted molar refractivity (Wildman–Crippen MR) is 69.3 cm³/mol. The van der Waals surface area contributed by atoms with Crippen LogP contribution in [0.2, 0.25) is 0 Å². The number of carboxylic acids is 1. The van der Waals surface area contributed by atoms with Gasteiger partial charge in [0.15, 0.2) is 0 Å². The molecular formula is C13H15N3O4. The number of likely N-dealkylation sites (tertiary alicyclic amines) is 1. The summed E-state index contributed by atoms with van der Waals surface area (Å²) in [4.78, 5) is 39.9. The van der Waals surface area contributed by atoms with Crippen molar-refractivity contribution in [2.45, 2.75) is 18.9 Å². The summed E-state index contributed by atoms with van der Waals surface area (Å²) in [6.07, 6.45) is 2.43. The van der Waals surface area contributed by atoms with Crippen LogP contribution in [0.25, 0.3) is 0 Å². The number of rotatable bonds is 3. The zero-order valence-corrected chi connectivity index (χ0v) is 11.0. The van der Waals surface area contributed by atoms with Crippen LogP contribution in [0.3, 0.4) is 0 Å². The van der Waals surface area contributed by atoms with Crippen LogP contribution in [0.15, 0.2) is 18.3 Å². The molecule has 0 unspecified atom stereocenters. The van der Waals surface area contributed by atoms with E-state index >= 15 is 0 Å². The van der Waals surface area contributed by atoms with Gasteiger partial charge in [-0.3, -0.25) is 14.6 Å².